The maximum absolute atomic E-state index is 11.4. The Balaban J connectivity index is 3.37. The van der Waals surface area contributed by atoms with Gasteiger partial charge in [-0.05, 0) is 42.7 Å². The molecule has 0 amide bonds. The standard InChI is InChI=1S/C13H16ClNO/c1-8-5-6-11(14)7-12(8)9(2)13(15-4)10(3)16/h5-7,15H,1-4H3/b13-9+. The smallest absolute Gasteiger partial charge is 0.175 e. The third-order valence-electron chi connectivity index (χ3n) is 2.58. The van der Waals surface area contributed by atoms with Crippen molar-refractivity contribution in [2.45, 2.75) is 20.8 Å². The van der Waals surface area contributed by atoms with Crippen LogP contribution in [0.15, 0.2) is 23.9 Å². The van der Waals surface area contributed by atoms with Gasteiger partial charge in [0.25, 0.3) is 0 Å². The zero-order chi connectivity index (χ0) is 12.3. The number of carbonyl (C=O) groups is 1. The molecule has 0 radical (unpaired) electrons. The van der Waals surface area contributed by atoms with Gasteiger partial charge >= 0.3 is 0 Å². The number of rotatable bonds is 3. The van der Waals surface area contributed by atoms with E-state index in [2.05, 4.69) is 5.32 Å². The molecule has 0 fully saturated rings. The second-order valence-corrected chi connectivity index (χ2v) is 4.20. The Morgan fingerprint density at radius 3 is 2.44 bits per heavy atom. The molecule has 0 bridgehead atoms. The molecule has 0 spiro atoms. The maximum Gasteiger partial charge on any atom is 0.175 e. The number of carbonyl (C=O) groups excluding carboxylic acids is 1. The van der Waals surface area contributed by atoms with Gasteiger partial charge in [-0.15, -0.1) is 0 Å². The third kappa shape index (κ3) is 2.64. The number of hydrogen-bond acceptors (Lipinski definition) is 2. The topological polar surface area (TPSA) is 29.1 Å². The number of aryl methyl sites for hydroxylation is 1. The van der Waals surface area contributed by atoms with E-state index in [9.17, 15) is 4.79 Å². The van der Waals surface area contributed by atoms with Gasteiger partial charge in [0.2, 0.25) is 0 Å². The molecule has 0 heterocycles. The fourth-order valence-electron chi connectivity index (χ4n) is 1.76. The lowest BCUT2D eigenvalue weighted by Gasteiger charge is -2.12. The number of allylic oxidation sites excluding steroid dienone is 2. The highest BCUT2D eigenvalue weighted by molar-refractivity contribution is 6.30. The lowest BCUT2D eigenvalue weighted by atomic mass is 9.99. The Hall–Kier alpha value is -1.28. The van der Waals surface area contributed by atoms with Crippen LogP contribution in [0.3, 0.4) is 0 Å². The Bertz CT molecular complexity index is 449. The SMILES string of the molecule is CN/C(C(C)=O)=C(\C)c1cc(Cl)ccc1C. The summed E-state index contributed by atoms with van der Waals surface area (Å²) in [6.07, 6.45) is 0. The Labute approximate surface area is 101 Å². The summed E-state index contributed by atoms with van der Waals surface area (Å²) in [6.45, 7) is 5.48. The summed E-state index contributed by atoms with van der Waals surface area (Å²) in [7, 11) is 1.75. The highest BCUT2D eigenvalue weighted by Crippen LogP contribution is 2.24. The van der Waals surface area contributed by atoms with Crippen molar-refractivity contribution in [2.24, 2.45) is 0 Å². The van der Waals surface area contributed by atoms with Crippen LogP contribution in [0.4, 0.5) is 0 Å². The molecule has 2 nitrogen and oxygen atoms in total. The van der Waals surface area contributed by atoms with Crippen LogP contribution in [-0.2, 0) is 4.79 Å². The molecule has 1 aromatic carbocycles. The van der Waals surface area contributed by atoms with Crippen LogP contribution in [-0.4, -0.2) is 12.8 Å². The summed E-state index contributed by atoms with van der Waals surface area (Å²) in [5, 5.41) is 3.61. The van der Waals surface area contributed by atoms with Crippen LogP contribution in [0, 0.1) is 6.92 Å². The Morgan fingerprint density at radius 2 is 1.94 bits per heavy atom. The number of likely N-dealkylation sites (N-methyl/N-ethyl adjacent to an activating group) is 1. The number of halogens is 1. The molecule has 0 unspecified atom stereocenters. The lowest BCUT2D eigenvalue weighted by molar-refractivity contribution is -0.113. The van der Waals surface area contributed by atoms with Crippen molar-refractivity contribution >= 4 is 23.0 Å². The first-order chi connectivity index (χ1) is 7.47. The molecule has 1 aromatic rings. The number of ketones is 1. The van der Waals surface area contributed by atoms with E-state index in [1.165, 1.54) is 0 Å². The van der Waals surface area contributed by atoms with E-state index >= 15 is 0 Å². The predicted octanol–water partition coefficient (Wildman–Crippen LogP) is 3.19. The summed E-state index contributed by atoms with van der Waals surface area (Å²) in [4.78, 5) is 11.4. The van der Waals surface area contributed by atoms with E-state index in [1.54, 1.807) is 14.0 Å². The first kappa shape index (κ1) is 12.8. The molecule has 0 saturated heterocycles. The van der Waals surface area contributed by atoms with E-state index in [1.807, 2.05) is 32.0 Å². The molecular weight excluding hydrogens is 222 g/mol. The Morgan fingerprint density at radius 1 is 1.31 bits per heavy atom. The molecule has 1 N–H and O–H groups in total. The van der Waals surface area contributed by atoms with Crippen molar-refractivity contribution in [1.82, 2.24) is 5.32 Å². The van der Waals surface area contributed by atoms with Crippen LogP contribution in [0.1, 0.15) is 25.0 Å². The van der Waals surface area contributed by atoms with Crippen molar-refractivity contribution in [2.75, 3.05) is 7.05 Å². The van der Waals surface area contributed by atoms with Gasteiger partial charge in [-0.3, -0.25) is 4.79 Å². The highest BCUT2D eigenvalue weighted by atomic mass is 35.5. The van der Waals surface area contributed by atoms with Gasteiger partial charge in [0.1, 0.15) is 0 Å². The molecule has 86 valence electrons. The molecule has 0 aromatic heterocycles. The number of nitrogens with one attached hydrogen (secondary N) is 1. The minimum Gasteiger partial charge on any atom is -0.385 e. The largest absolute Gasteiger partial charge is 0.385 e. The number of Topliss-reactive ketones (excluding diaryl/α,β-unsaturated/α-hetero) is 1. The van der Waals surface area contributed by atoms with Crippen molar-refractivity contribution in [3.8, 4) is 0 Å². The molecule has 0 aliphatic rings. The van der Waals surface area contributed by atoms with Crippen molar-refractivity contribution in [3.63, 3.8) is 0 Å². The zero-order valence-electron chi connectivity index (χ0n) is 10.0. The monoisotopic (exact) mass is 237 g/mol. The minimum atomic E-state index is 0.0272. The summed E-state index contributed by atoms with van der Waals surface area (Å²) in [6, 6.07) is 5.68. The van der Waals surface area contributed by atoms with Crippen molar-refractivity contribution in [3.05, 3.63) is 40.0 Å². The second-order valence-electron chi connectivity index (χ2n) is 3.77. The molecular formula is C13H16ClNO. The molecule has 16 heavy (non-hydrogen) atoms. The first-order valence-electron chi connectivity index (χ1n) is 5.13. The van der Waals surface area contributed by atoms with Crippen LogP contribution in [0.2, 0.25) is 5.02 Å². The van der Waals surface area contributed by atoms with Gasteiger partial charge in [0, 0.05) is 19.0 Å². The fraction of sp³-hybridized carbons (Fsp3) is 0.308. The zero-order valence-corrected chi connectivity index (χ0v) is 10.8. The lowest BCUT2D eigenvalue weighted by Crippen LogP contribution is -2.15. The van der Waals surface area contributed by atoms with E-state index in [-0.39, 0.29) is 5.78 Å². The molecule has 0 atom stereocenters. The summed E-state index contributed by atoms with van der Waals surface area (Å²) < 4.78 is 0. The normalized spacial score (nSPS) is 12.1. The van der Waals surface area contributed by atoms with Crippen LogP contribution in [0.5, 0.6) is 0 Å². The van der Waals surface area contributed by atoms with Gasteiger partial charge in [-0.25, -0.2) is 0 Å². The minimum absolute atomic E-state index is 0.0272. The van der Waals surface area contributed by atoms with E-state index < -0.39 is 0 Å². The second kappa shape index (κ2) is 5.17. The van der Waals surface area contributed by atoms with E-state index in [0.29, 0.717) is 10.7 Å². The van der Waals surface area contributed by atoms with Gasteiger partial charge in [-0.2, -0.15) is 0 Å². The summed E-state index contributed by atoms with van der Waals surface area (Å²) in [5.41, 5.74) is 3.67. The number of benzene rings is 1. The van der Waals surface area contributed by atoms with Gasteiger partial charge in [-0.1, -0.05) is 17.7 Å². The Kier molecular flexibility index (Phi) is 4.13. The summed E-state index contributed by atoms with van der Waals surface area (Å²) >= 11 is 5.96. The molecule has 1 rings (SSSR count). The van der Waals surface area contributed by atoms with Crippen LogP contribution < -0.4 is 5.32 Å². The first-order valence-corrected chi connectivity index (χ1v) is 5.51. The average molecular weight is 238 g/mol. The summed E-state index contributed by atoms with van der Waals surface area (Å²) in [5.74, 6) is 0.0272. The van der Waals surface area contributed by atoms with E-state index in [4.69, 9.17) is 11.6 Å². The maximum atomic E-state index is 11.4. The quantitative estimate of drug-likeness (QED) is 0.819. The predicted molar refractivity (Wildman–Crippen MR) is 68.5 cm³/mol. The van der Waals surface area contributed by atoms with Crippen molar-refractivity contribution in [1.29, 1.82) is 0 Å². The van der Waals surface area contributed by atoms with E-state index in [0.717, 1.165) is 16.7 Å². The molecule has 0 aliphatic heterocycles. The van der Waals surface area contributed by atoms with Crippen LogP contribution >= 0.6 is 11.6 Å². The number of hydrogen-bond donors (Lipinski definition) is 1. The molecule has 0 aliphatic carbocycles. The fourth-order valence-corrected chi connectivity index (χ4v) is 1.93. The molecule has 0 saturated carbocycles. The average Bonchev–Trinajstić information content (AvgIpc) is 2.22. The van der Waals surface area contributed by atoms with Crippen molar-refractivity contribution < 1.29 is 4.79 Å². The van der Waals surface area contributed by atoms with Crippen LogP contribution in [0.25, 0.3) is 5.57 Å². The molecule has 3 heteroatoms. The van der Waals surface area contributed by atoms with Gasteiger partial charge in [0.15, 0.2) is 5.78 Å². The highest BCUT2D eigenvalue weighted by Gasteiger charge is 2.10. The van der Waals surface area contributed by atoms with Gasteiger partial charge in [0.05, 0.1) is 5.70 Å². The third-order valence-corrected chi connectivity index (χ3v) is 2.82. The van der Waals surface area contributed by atoms with Gasteiger partial charge < -0.3 is 5.32 Å².